The molecule has 5 aromatic rings. The highest BCUT2D eigenvalue weighted by molar-refractivity contribution is 7.90. The molecule has 3 aliphatic heterocycles. The molecule has 0 radical (unpaired) electrons. The van der Waals surface area contributed by atoms with Gasteiger partial charge in [0.05, 0.1) is 62.5 Å². The van der Waals surface area contributed by atoms with Gasteiger partial charge in [-0.1, -0.05) is 82.2 Å². The molecule has 4 heterocycles. The van der Waals surface area contributed by atoms with Gasteiger partial charge < -0.3 is 101 Å². The Morgan fingerprint density at radius 2 is 1.35 bits per heavy atom. The molecular weight excluding hydrogens is 1310 g/mol. The number of aromatic hydroxyl groups is 1. The summed E-state index contributed by atoms with van der Waals surface area (Å²) in [7, 11) is 0. The summed E-state index contributed by atoms with van der Waals surface area (Å²) in [4.78, 5) is 104. The Balaban J connectivity index is 1.07. The largest absolute Gasteiger partial charge is 0.504 e. The Labute approximate surface area is 564 Å². The standard InChI is InChI=1S/C63H80N10O22S2/c1-4-91-21-22-92-43-16-14-36(15-17-43)35-6-10-38(11-7-35)60-70-71-61(96-60)39-12-8-37(9-13-39)55(83)66-44-25-41(77)27-65-59(87)53-54(82)32(2)28-73(53)63(89)52(47(80)19-20-64-40(30-74)31-75)69-58(86)51(48(81)23-34-5-18-46(79)49(24-34)93-97-95-94-90)68-57(85)45-26-42(78)29-72(45)62(88)50(33(3)76)67-56(44)84/h5-18,24,32-33,40-42,44-45,47-48,50-54,64,74-82,90H,4,19-23,25-31H2,1-3H3,(H,65,87)(H,66,83)(H,67,84)(H,68,85)(H,69,86)/t32-,33+,41+,42+,44-,45-,47+,48+,50-,51-,52-,53-,54-/m0/s1. The molecule has 97 heavy (non-hydrogen) atoms. The maximum absolute atomic E-state index is 15.0. The van der Waals surface area contributed by atoms with E-state index < -0.39 is 184 Å². The fraction of sp³-hybridized carbons (Fsp3) is 0.476. The molecule has 0 bridgehead atoms. The van der Waals surface area contributed by atoms with E-state index in [1.165, 1.54) is 36.5 Å². The zero-order valence-electron chi connectivity index (χ0n) is 52.9. The molecule has 34 heteroatoms. The van der Waals surface area contributed by atoms with Crippen molar-refractivity contribution in [3.63, 3.8) is 0 Å². The highest BCUT2D eigenvalue weighted by Gasteiger charge is 2.50. The minimum absolute atomic E-state index is 0.000650. The van der Waals surface area contributed by atoms with Crippen LogP contribution in [0.5, 0.6) is 17.2 Å². The minimum atomic E-state index is -2.17. The molecule has 16 N–H and O–H groups in total. The zero-order valence-corrected chi connectivity index (χ0v) is 54.5. The number of hydrogen-bond acceptors (Lipinski definition) is 27. The summed E-state index contributed by atoms with van der Waals surface area (Å²) >= 11 is 1.35. The van der Waals surface area contributed by atoms with Gasteiger partial charge in [0.25, 0.3) is 18.2 Å². The predicted octanol–water partition coefficient (Wildman–Crippen LogP) is -1.70. The summed E-state index contributed by atoms with van der Waals surface area (Å²) in [6.07, 6.45) is -12.7. The van der Waals surface area contributed by atoms with Crippen LogP contribution < -0.4 is 40.8 Å². The predicted molar refractivity (Wildman–Crippen MR) is 345 cm³/mol. The molecule has 8 rings (SSSR count). The fourth-order valence-electron chi connectivity index (χ4n) is 11.3. The Morgan fingerprint density at radius 3 is 1.99 bits per heavy atom. The number of nitrogens with zero attached hydrogens (tertiary/aromatic N) is 4. The number of nitrogens with one attached hydrogen (secondary N) is 6. The molecule has 13 atom stereocenters. The van der Waals surface area contributed by atoms with Crippen LogP contribution in [0.4, 0.5) is 0 Å². The summed E-state index contributed by atoms with van der Waals surface area (Å²) in [6, 6.07) is 12.7. The molecule has 4 aromatic carbocycles. The maximum Gasteiger partial charge on any atom is 0.261 e. The van der Waals surface area contributed by atoms with Crippen LogP contribution in [0.15, 0.2) is 91.0 Å². The number of phenolic OH excluding ortho intramolecular Hbond substituents is 1. The number of benzene rings is 4. The Kier molecular flexibility index (Phi) is 27.3. The average Bonchev–Trinajstić information content (AvgIpc) is 1.67. The second-order valence-corrected chi connectivity index (χ2v) is 25.0. The fourth-order valence-corrected chi connectivity index (χ4v) is 12.4. The van der Waals surface area contributed by atoms with Gasteiger partial charge in [-0.15, -0.1) is 10.2 Å². The summed E-state index contributed by atoms with van der Waals surface area (Å²) in [5, 5.41) is 136. The molecule has 32 nitrogen and oxygen atoms in total. The third-order valence-corrected chi connectivity index (χ3v) is 17.9. The van der Waals surface area contributed by atoms with Crippen molar-refractivity contribution in [2.75, 3.05) is 59.2 Å². The number of hydrogen-bond donors (Lipinski definition) is 16. The first-order valence-corrected chi connectivity index (χ1v) is 32.6. The number of aliphatic hydroxyl groups is 8. The van der Waals surface area contributed by atoms with Crippen molar-refractivity contribution in [3.8, 4) is 49.5 Å². The lowest BCUT2D eigenvalue weighted by molar-refractivity contribution is -0.433. The number of carbonyl (C=O) groups is 7. The summed E-state index contributed by atoms with van der Waals surface area (Å²) in [6.45, 7) is 3.09. The van der Waals surface area contributed by atoms with E-state index in [9.17, 15) is 79.5 Å². The van der Waals surface area contributed by atoms with Crippen molar-refractivity contribution in [2.45, 2.75) is 125 Å². The highest BCUT2D eigenvalue weighted by Crippen LogP contribution is 2.34. The number of fused-ring (bicyclic) bond motifs is 2. The first-order chi connectivity index (χ1) is 46.5. The molecule has 0 spiro atoms. The van der Waals surface area contributed by atoms with Gasteiger partial charge in [0.15, 0.2) is 11.5 Å². The monoisotopic (exact) mass is 1390 g/mol. The van der Waals surface area contributed by atoms with Gasteiger partial charge >= 0.3 is 0 Å². The lowest BCUT2D eigenvalue weighted by Gasteiger charge is -2.34. The molecule has 3 saturated heterocycles. The molecule has 1 aromatic heterocycles. The van der Waals surface area contributed by atoms with Crippen LogP contribution in [0.2, 0.25) is 0 Å². The van der Waals surface area contributed by atoms with Crippen molar-refractivity contribution < 1.29 is 108 Å². The summed E-state index contributed by atoms with van der Waals surface area (Å²) < 4.78 is 20.4. The number of amides is 7. The van der Waals surface area contributed by atoms with Crippen LogP contribution in [0.25, 0.3) is 32.3 Å². The number of rotatable bonds is 25. The van der Waals surface area contributed by atoms with Crippen molar-refractivity contribution in [2.24, 2.45) is 5.92 Å². The van der Waals surface area contributed by atoms with Crippen LogP contribution in [-0.4, -0.2) is 251 Å². The van der Waals surface area contributed by atoms with E-state index >= 15 is 0 Å². The number of carbonyl (C=O) groups excluding carboxylic acids is 7. The number of ether oxygens (including phenoxy) is 2. The van der Waals surface area contributed by atoms with E-state index in [0.29, 0.717) is 35.4 Å². The van der Waals surface area contributed by atoms with Gasteiger partial charge in [-0.05, 0) is 79.9 Å². The van der Waals surface area contributed by atoms with Gasteiger partial charge in [0, 0.05) is 68.1 Å². The molecule has 0 unspecified atom stereocenters. The third kappa shape index (κ3) is 19.6. The van der Waals surface area contributed by atoms with E-state index in [4.69, 9.17) is 18.9 Å². The Bertz CT molecular complexity index is 3460. The van der Waals surface area contributed by atoms with E-state index in [2.05, 4.69) is 51.5 Å². The lowest BCUT2D eigenvalue weighted by Crippen LogP contribution is -2.64. The highest BCUT2D eigenvalue weighted by atomic mass is 32.2. The van der Waals surface area contributed by atoms with Gasteiger partial charge in [0.2, 0.25) is 35.4 Å². The van der Waals surface area contributed by atoms with Crippen molar-refractivity contribution in [1.82, 2.24) is 51.9 Å². The number of aromatic nitrogens is 2. The van der Waals surface area contributed by atoms with Crippen molar-refractivity contribution >= 4 is 65.0 Å². The third-order valence-electron chi connectivity index (χ3n) is 16.5. The lowest BCUT2D eigenvalue weighted by atomic mass is 9.98. The molecule has 3 aliphatic rings. The van der Waals surface area contributed by atoms with E-state index in [1.54, 1.807) is 12.1 Å². The molecule has 0 aliphatic carbocycles. The second-order valence-electron chi connectivity index (χ2n) is 23.5. The zero-order chi connectivity index (χ0) is 70.0. The number of aliphatic hydroxyl groups excluding tert-OH is 8. The van der Waals surface area contributed by atoms with Gasteiger partial charge in [-0.2, -0.15) is 0 Å². The van der Waals surface area contributed by atoms with E-state index in [1.807, 2.05) is 55.5 Å². The van der Waals surface area contributed by atoms with Crippen LogP contribution >= 0.6 is 23.7 Å². The Hall–Kier alpha value is -8.04. The second kappa shape index (κ2) is 35.5. The van der Waals surface area contributed by atoms with Crippen LogP contribution in [0.3, 0.4) is 0 Å². The van der Waals surface area contributed by atoms with Gasteiger partial charge in [0.1, 0.15) is 58.6 Å². The molecule has 7 amide bonds. The van der Waals surface area contributed by atoms with Crippen LogP contribution in [-0.2, 0) is 49.3 Å². The normalized spacial score (nSPS) is 24.1. The summed E-state index contributed by atoms with van der Waals surface area (Å²) in [5.74, 6) is -8.95. The first kappa shape index (κ1) is 74.7. The topological polar surface area (TPSA) is 472 Å². The molecular formula is C63H80N10O22S2. The molecule has 0 saturated carbocycles. The van der Waals surface area contributed by atoms with Crippen LogP contribution in [0, 0.1) is 5.92 Å². The first-order valence-electron chi connectivity index (χ1n) is 31.1. The number of β-amino-alcohol motifs (C(OH)–C–C–N with tert-alkyl or cyclic N) is 1. The molecule has 3 fully saturated rings. The van der Waals surface area contributed by atoms with E-state index in [0.717, 1.165) is 51.3 Å². The quantitative estimate of drug-likeness (QED) is 0.0134. The van der Waals surface area contributed by atoms with Gasteiger partial charge in [-0.3, -0.25) is 33.6 Å². The van der Waals surface area contributed by atoms with Crippen LogP contribution in [0.1, 0.15) is 56.0 Å². The smallest absolute Gasteiger partial charge is 0.261 e. The van der Waals surface area contributed by atoms with Crippen molar-refractivity contribution in [3.05, 3.63) is 102 Å². The average molecular weight is 1390 g/mol. The van der Waals surface area contributed by atoms with Gasteiger partial charge in [-0.25, -0.2) is 5.26 Å². The number of phenols is 1. The molecule has 526 valence electrons. The Morgan fingerprint density at radius 1 is 0.732 bits per heavy atom. The minimum Gasteiger partial charge on any atom is -0.504 e. The van der Waals surface area contributed by atoms with Crippen molar-refractivity contribution in [1.29, 1.82) is 0 Å². The summed E-state index contributed by atoms with van der Waals surface area (Å²) in [5.41, 5.74) is 3.40. The SMILES string of the molecule is CCOCCOc1ccc(-c2ccc(-c3nnc(-c4ccc(C(=O)N[C@H]5C[C@@H](O)CNC(=O)[C@@H]6[C@@H](O)[C@@H](C)CN6C(=O)[C@H]([C@H](O)CCNC(CO)CO)NC(=O)[C@H]([C@H](O)Cc6ccc(O)c(OSOOO)c6)NC(=O)[C@@H]6C[C@@H](O)CN6C(=O)[C@H]([C@@H](C)O)NC5=O)cc4)s3)cc2)cc1. The van der Waals surface area contributed by atoms with E-state index in [-0.39, 0.29) is 42.3 Å². The maximum atomic E-state index is 15.0.